The molecule has 19 heavy (non-hydrogen) atoms. The summed E-state index contributed by atoms with van der Waals surface area (Å²) in [6.45, 7) is 15.0. The van der Waals surface area contributed by atoms with E-state index in [-0.39, 0.29) is 0 Å². The average Bonchev–Trinajstić information content (AvgIpc) is 2.48. The summed E-state index contributed by atoms with van der Waals surface area (Å²) in [4.78, 5) is 0. The molecule has 0 spiro atoms. The SMILES string of the molecule is CCCC[N+](CCCC)(CCCC)CCCC.C[S-]. The molecular formula is C17H39NS. The van der Waals surface area contributed by atoms with Crippen LogP contribution >= 0.6 is 0 Å². The highest BCUT2D eigenvalue weighted by Crippen LogP contribution is 2.16. The van der Waals surface area contributed by atoms with Crippen LogP contribution in [0.4, 0.5) is 0 Å². The Bertz CT molecular complexity index is 122. The fourth-order valence-electron chi connectivity index (χ4n) is 2.64. The van der Waals surface area contributed by atoms with E-state index < -0.39 is 0 Å². The van der Waals surface area contributed by atoms with Crippen molar-refractivity contribution in [2.24, 2.45) is 0 Å². The Balaban J connectivity index is 0. The number of hydrogen-bond acceptors (Lipinski definition) is 1. The van der Waals surface area contributed by atoms with Gasteiger partial charge in [-0.05, 0) is 25.7 Å². The summed E-state index contributed by atoms with van der Waals surface area (Å²) in [5, 5.41) is 0. The first-order valence-corrected chi connectivity index (χ1v) is 9.32. The number of unbranched alkanes of at least 4 members (excludes halogenated alkanes) is 4. The molecule has 0 fully saturated rings. The summed E-state index contributed by atoms with van der Waals surface area (Å²) in [6, 6.07) is 0. The maximum Gasteiger partial charge on any atom is 0.0786 e. The van der Waals surface area contributed by atoms with Crippen molar-refractivity contribution in [2.45, 2.75) is 79.1 Å². The fourth-order valence-corrected chi connectivity index (χ4v) is 2.64. The van der Waals surface area contributed by atoms with Crippen LogP contribution in [-0.2, 0) is 12.6 Å². The zero-order valence-electron chi connectivity index (χ0n) is 14.3. The largest absolute Gasteiger partial charge is 0.796 e. The fraction of sp³-hybridized carbons (Fsp3) is 1.00. The van der Waals surface area contributed by atoms with Gasteiger partial charge in [-0.3, -0.25) is 0 Å². The second kappa shape index (κ2) is 16.4. The summed E-state index contributed by atoms with van der Waals surface area (Å²) in [7, 11) is 0. The van der Waals surface area contributed by atoms with E-state index in [2.05, 4.69) is 40.3 Å². The summed E-state index contributed by atoms with van der Waals surface area (Å²) in [5.41, 5.74) is 0. The van der Waals surface area contributed by atoms with Crippen LogP contribution < -0.4 is 0 Å². The van der Waals surface area contributed by atoms with Crippen LogP contribution in [0.3, 0.4) is 0 Å². The van der Waals surface area contributed by atoms with Gasteiger partial charge >= 0.3 is 0 Å². The van der Waals surface area contributed by atoms with Crippen molar-refractivity contribution >= 4 is 12.6 Å². The number of nitrogens with zero attached hydrogens (tertiary/aromatic N) is 1. The number of hydrogen-bond donors (Lipinski definition) is 0. The van der Waals surface area contributed by atoms with Gasteiger partial charge in [-0.15, -0.1) is 0 Å². The van der Waals surface area contributed by atoms with Crippen molar-refractivity contribution in [2.75, 3.05) is 32.4 Å². The molecule has 0 amide bonds. The van der Waals surface area contributed by atoms with Crippen LogP contribution in [0.1, 0.15) is 79.1 Å². The van der Waals surface area contributed by atoms with Crippen molar-refractivity contribution < 1.29 is 4.48 Å². The van der Waals surface area contributed by atoms with E-state index in [4.69, 9.17) is 0 Å². The second-order valence-corrected chi connectivity index (χ2v) is 5.65. The Hall–Kier alpha value is 0.310. The molecule has 0 radical (unpaired) electrons. The summed E-state index contributed by atoms with van der Waals surface area (Å²) in [6.07, 6.45) is 12.6. The molecule has 0 N–H and O–H groups in total. The molecule has 0 aliphatic heterocycles. The molecule has 0 saturated carbocycles. The molecule has 0 atom stereocenters. The molecule has 2 heteroatoms. The van der Waals surface area contributed by atoms with Crippen molar-refractivity contribution in [3.63, 3.8) is 0 Å². The second-order valence-electron chi connectivity index (χ2n) is 5.65. The minimum atomic E-state index is 1.35. The minimum Gasteiger partial charge on any atom is -0.796 e. The number of quaternary nitrogens is 1. The van der Waals surface area contributed by atoms with E-state index in [1.807, 2.05) is 0 Å². The third-order valence-corrected chi connectivity index (χ3v) is 3.94. The van der Waals surface area contributed by atoms with Crippen LogP contribution in [0, 0.1) is 0 Å². The van der Waals surface area contributed by atoms with Gasteiger partial charge in [0.05, 0.1) is 26.2 Å². The van der Waals surface area contributed by atoms with E-state index in [1.54, 1.807) is 6.26 Å². The molecule has 0 aromatic heterocycles. The highest BCUT2D eigenvalue weighted by atomic mass is 32.1. The van der Waals surface area contributed by atoms with Crippen molar-refractivity contribution in [1.82, 2.24) is 0 Å². The Morgan fingerprint density at radius 2 is 0.737 bits per heavy atom. The highest BCUT2D eigenvalue weighted by molar-refractivity contribution is 7.57. The van der Waals surface area contributed by atoms with E-state index in [9.17, 15) is 0 Å². The predicted molar refractivity (Wildman–Crippen MR) is 92.6 cm³/mol. The van der Waals surface area contributed by atoms with Crippen LogP contribution in [0.15, 0.2) is 0 Å². The van der Waals surface area contributed by atoms with Gasteiger partial charge < -0.3 is 17.1 Å². The smallest absolute Gasteiger partial charge is 0.0786 e. The van der Waals surface area contributed by atoms with E-state index >= 15 is 0 Å². The summed E-state index contributed by atoms with van der Waals surface area (Å²) >= 11 is 4.08. The van der Waals surface area contributed by atoms with Crippen LogP contribution in [0.2, 0.25) is 0 Å². The third-order valence-electron chi connectivity index (χ3n) is 3.94. The molecule has 0 rings (SSSR count). The average molecular weight is 290 g/mol. The molecule has 0 heterocycles. The molecule has 0 aliphatic rings. The van der Waals surface area contributed by atoms with Gasteiger partial charge in [0.1, 0.15) is 0 Å². The van der Waals surface area contributed by atoms with Gasteiger partial charge in [0.2, 0.25) is 0 Å². The monoisotopic (exact) mass is 289 g/mol. The topological polar surface area (TPSA) is 0 Å². The van der Waals surface area contributed by atoms with Crippen molar-refractivity contribution in [3.05, 3.63) is 0 Å². The highest BCUT2D eigenvalue weighted by Gasteiger charge is 2.24. The minimum absolute atomic E-state index is 1.35. The molecule has 0 aromatic rings. The summed E-state index contributed by atoms with van der Waals surface area (Å²) < 4.78 is 1.42. The maximum absolute atomic E-state index is 4.08. The van der Waals surface area contributed by atoms with Gasteiger partial charge in [-0.1, -0.05) is 53.4 Å². The quantitative estimate of drug-likeness (QED) is 0.353. The first-order chi connectivity index (χ1) is 9.24. The zero-order valence-corrected chi connectivity index (χ0v) is 15.2. The molecule has 1 nitrogen and oxygen atoms in total. The normalized spacial score (nSPS) is 11.1. The standard InChI is InChI=1S/C16H36N.CH4S/c1-5-9-13-17(14-10-6-2,15-11-7-3)16-12-8-4;1-2/h5-16H2,1-4H3;2H,1H3/q+1;/p-1. The van der Waals surface area contributed by atoms with E-state index in [0.29, 0.717) is 0 Å². The van der Waals surface area contributed by atoms with Gasteiger partial charge in [0.25, 0.3) is 0 Å². The molecule has 0 saturated heterocycles. The molecule has 0 unspecified atom stereocenters. The van der Waals surface area contributed by atoms with E-state index in [1.165, 1.54) is 82.0 Å². The van der Waals surface area contributed by atoms with Crippen LogP contribution in [0.25, 0.3) is 0 Å². The molecule has 0 aromatic carbocycles. The Morgan fingerprint density at radius 3 is 0.895 bits per heavy atom. The third kappa shape index (κ3) is 11.8. The molecular weight excluding hydrogens is 250 g/mol. The number of rotatable bonds is 12. The lowest BCUT2D eigenvalue weighted by molar-refractivity contribution is -0.929. The van der Waals surface area contributed by atoms with E-state index in [0.717, 1.165) is 0 Å². The predicted octanol–water partition coefficient (Wildman–Crippen LogP) is 5.17. The first-order valence-electron chi connectivity index (χ1n) is 8.50. The summed E-state index contributed by atoms with van der Waals surface area (Å²) in [5.74, 6) is 0. The van der Waals surface area contributed by atoms with Gasteiger partial charge in [0.15, 0.2) is 0 Å². The molecule has 0 aliphatic carbocycles. The lowest BCUT2D eigenvalue weighted by Gasteiger charge is -2.39. The first kappa shape index (κ1) is 21.6. The maximum atomic E-state index is 4.08. The Morgan fingerprint density at radius 1 is 0.526 bits per heavy atom. The van der Waals surface area contributed by atoms with Crippen LogP contribution in [-0.4, -0.2) is 36.9 Å². The molecule has 0 bridgehead atoms. The van der Waals surface area contributed by atoms with Crippen molar-refractivity contribution in [1.29, 1.82) is 0 Å². The Kier molecular flexibility index (Phi) is 18.6. The van der Waals surface area contributed by atoms with Crippen molar-refractivity contribution in [3.8, 4) is 0 Å². The van der Waals surface area contributed by atoms with Gasteiger partial charge in [0, 0.05) is 0 Å². The van der Waals surface area contributed by atoms with Gasteiger partial charge in [-0.2, -0.15) is 6.26 Å². The molecule has 118 valence electrons. The lowest BCUT2D eigenvalue weighted by Crippen LogP contribution is -2.50. The zero-order chi connectivity index (χ0) is 15.0. The lowest BCUT2D eigenvalue weighted by atomic mass is 10.1. The van der Waals surface area contributed by atoms with Crippen LogP contribution in [0.5, 0.6) is 0 Å². The Labute approximate surface area is 129 Å². The van der Waals surface area contributed by atoms with Gasteiger partial charge in [-0.25, -0.2) is 0 Å².